The first-order valence-corrected chi connectivity index (χ1v) is 7.90. The molecule has 0 fully saturated rings. The van der Waals surface area contributed by atoms with Gasteiger partial charge in [-0.05, 0) is 24.3 Å². The van der Waals surface area contributed by atoms with Gasteiger partial charge in [0, 0.05) is 23.9 Å². The molecular formula is C19H20N2O4. The zero-order chi connectivity index (χ0) is 17.8. The maximum atomic E-state index is 11.6. The van der Waals surface area contributed by atoms with Crippen molar-refractivity contribution in [2.45, 2.75) is 0 Å². The molecule has 0 aliphatic carbocycles. The fraction of sp³-hybridized carbons (Fsp3) is 0.263. The van der Waals surface area contributed by atoms with Crippen LogP contribution < -0.4 is 14.4 Å². The third-order valence-electron chi connectivity index (χ3n) is 4.08. The molecule has 1 aliphatic heterocycles. The van der Waals surface area contributed by atoms with Gasteiger partial charge in [-0.15, -0.1) is 0 Å². The Morgan fingerprint density at radius 1 is 1.00 bits per heavy atom. The summed E-state index contributed by atoms with van der Waals surface area (Å²) in [6.07, 6.45) is 0. The van der Waals surface area contributed by atoms with E-state index in [4.69, 9.17) is 14.2 Å². The minimum atomic E-state index is -0.350. The van der Waals surface area contributed by atoms with E-state index in [1.807, 2.05) is 30.3 Å². The number of hydrogen-bond acceptors (Lipinski definition) is 6. The Balaban J connectivity index is 1.89. The van der Waals surface area contributed by atoms with Crippen molar-refractivity contribution >= 4 is 17.5 Å². The number of nitrogens with zero attached hydrogens (tertiary/aromatic N) is 2. The summed E-state index contributed by atoms with van der Waals surface area (Å²) in [6.45, 7) is 1.49. The van der Waals surface area contributed by atoms with Crippen LogP contribution in [-0.4, -0.2) is 46.2 Å². The summed E-state index contributed by atoms with van der Waals surface area (Å²) in [5, 5.41) is 0. The van der Waals surface area contributed by atoms with E-state index in [9.17, 15) is 4.79 Å². The number of esters is 1. The minimum absolute atomic E-state index is 0.350. The predicted molar refractivity (Wildman–Crippen MR) is 96.1 cm³/mol. The number of hydrogen-bond donors (Lipinski definition) is 0. The normalized spacial score (nSPS) is 13.4. The van der Waals surface area contributed by atoms with E-state index < -0.39 is 0 Å². The molecule has 0 unspecified atom stereocenters. The van der Waals surface area contributed by atoms with Gasteiger partial charge in [0.05, 0.1) is 33.4 Å². The van der Waals surface area contributed by atoms with E-state index in [0.717, 1.165) is 23.6 Å². The van der Waals surface area contributed by atoms with Gasteiger partial charge in [0.25, 0.3) is 0 Å². The van der Waals surface area contributed by atoms with Crippen LogP contribution in [0.2, 0.25) is 0 Å². The molecular weight excluding hydrogens is 320 g/mol. The molecule has 0 atom stereocenters. The van der Waals surface area contributed by atoms with Crippen molar-refractivity contribution in [3.05, 3.63) is 53.6 Å². The summed E-state index contributed by atoms with van der Waals surface area (Å²) in [5.74, 6) is 1.87. The van der Waals surface area contributed by atoms with Gasteiger partial charge in [-0.25, -0.2) is 4.79 Å². The van der Waals surface area contributed by atoms with Crippen LogP contribution in [0.3, 0.4) is 0 Å². The molecule has 0 spiro atoms. The van der Waals surface area contributed by atoms with E-state index in [1.54, 1.807) is 26.4 Å². The molecule has 2 aromatic rings. The Bertz CT molecular complexity index is 800. The second-order valence-corrected chi connectivity index (χ2v) is 5.47. The lowest BCUT2D eigenvalue weighted by atomic mass is 10.1. The lowest BCUT2D eigenvalue weighted by molar-refractivity contribution is 0.0600. The molecule has 6 nitrogen and oxygen atoms in total. The lowest BCUT2D eigenvalue weighted by Gasteiger charge is -2.22. The molecule has 6 heteroatoms. The molecule has 0 aromatic heterocycles. The van der Waals surface area contributed by atoms with Crippen LogP contribution in [0.1, 0.15) is 15.9 Å². The quantitative estimate of drug-likeness (QED) is 0.783. The number of rotatable bonds is 5. The highest BCUT2D eigenvalue weighted by atomic mass is 16.5. The molecule has 0 saturated heterocycles. The van der Waals surface area contributed by atoms with Crippen molar-refractivity contribution in [3.63, 3.8) is 0 Å². The highest BCUT2D eigenvalue weighted by molar-refractivity contribution is 6.11. The fourth-order valence-electron chi connectivity index (χ4n) is 2.81. The molecule has 1 heterocycles. The SMILES string of the molecule is COC(=O)c1ccc(C2=NCCN2c2ccc(OC)c(OC)c2)cc1. The van der Waals surface area contributed by atoms with Gasteiger partial charge in [0.15, 0.2) is 11.5 Å². The smallest absolute Gasteiger partial charge is 0.337 e. The number of methoxy groups -OCH3 is 3. The summed E-state index contributed by atoms with van der Waals surface area (Å²) < 4.78 is 15.4. The monoisotopic (exact) mass is 340 g/mol. The number of ether oxygens (including phenoxy) is 3. The van der Waals surface area contributed by atoms with Crippen molar-refractivity contribution < 1.29 is 19.0 Å². The summed E-state index contributed by atoms with van der Waals surface area (Å²) in [7, 11) is 4.60. The lowest BCUT2D eigenvalue weighted by Crippen LogP contribution is -2.28. The molecule has 3 rings (SSSR count). The van der Waals surface area contributed by atoms with Gasteiger partial charge in [-0.1, -0.05) is 12.1 Å². The van der Waals surface area contributed by atoms with Crippen molar-refractivity contribution in [1.29, 1.82) is 0 Å². The number of carbonyl (C=O) groups excluding carboxylic acids is 1. The summed E-state index contributed by atoms with van der Waals surface area (Å²) in [5.41, 5.74) is 2.44. The van der Waals surface area contributed by atoms with Gasteiger partial charge in [-0.2, -0.15) is 0 Å². The van der Waals surface area contributed by atoms with Crippen molar-refractivity contribution in [3.8, 4) is 11.5 Å². The van der Waals surface area contributed by atoms with Crippen molar-refractivity contribution in [1.82, 2.24) is 0 Å². The Labute approximate surface area is 146 Å². The Hall–Kier alpha value is -3.02. The maximum absolute atomic E-state index is 11.6. The molecule has 1 aliphatic rings. The van der Waals surface area contributed by atoms with Crippen molar-refractivity contribution in [2.75, 3.05) is 39.3 Å². The van der Waals surface area contributed by atoms with Gasteiger partial charge < -0.3 is 19.1 Å². The average molecular weight is 340 g/mol. The van der Waals surface area contributed by atoms with Crippen molar-refractivity contribution in [2.24, 2.45) is 4.99 Å². The zero-order valence-corrected chi connectivity index (χ0v) is 14.5. The van der Waals surface area contributed by atoms with E-state index in [0.29, 0.717) is 23.6 Å². The minimum Gasteiger partial charge on any atom is -0.493 e. The Morgan fingerprint density at radius 2 is 1.72 bits per heavy atom. The van der Waals surface area contributed by atoms with Crippen LogP contribution in [0.25, 0.3) is 0 Å². The zero-order valence-electron chi connectivity index (χ0n) is 14.5. The van der Waals surface area contributed by atoms with Gasteiger partial charge in [-0.3, -0.25) is 4.99 Å². The largest absolute Gasteiger partial charge is 0.493 e. The van der Waals surface area contributed by atoms with E-state index in [1.165, 1.54) is 7.11 Å². The molecule has 2 aromatic carbocycles. The van der Waals surface area contributed by atoms with E-state index >= 15 is 0 Å². The highest BCUT2D eigenvalue weighted by Crippen LogP contribution is 2.33. The summed E-state index contributed by atoms with van der Waals surface area (Å²) in [6, 6.07) is 13.0. The first-order valence-electron chi connectivity index (χ1n) is 7.90. The number of aliphatic imine (C=N–C) groups is 1. The van der Waals surface area contributed by atoms with Gasteiger partial charge >= 0.3 is 5.97 Å². The number of benzene rings is 2. The predicted octanol–water partition coefficient (Wildman–Crippen LogP) is 2.76. The first kappa shape index (κ1) is 16.8. The summed E-state index contributed by atoms with van der Waals surface area (Å²) in [4.78, 5) is 18.3. The maximum Gasteiger partial charge on any atom is 0.337 e. The molecule has 130 valence electrons. The molecule has 25 heavy (non-hydrogen) atoms. The standard InChI is InChI=1S/C19H20N2O4/c1-23-16-9-8-15(12-17(16)24-2)21-11-10-20-18(21)13-4-6-14(7-5-13)19(22)25-3/h4-9,12H,10-11H2,1-3H3. The first-order chi connectivity index (χ1) is 12.2. The number of carbonyl (C=O) groups is 1. The second-order valence-electron chi connectivity index (χ2n) is 5.47. The Morgan fingerprint density at radius 3 is 2.36 bits per heavy atom. The van der Waals surface area contributed by atoms with Crippen LogP contribution in [0.15, 0.2) is 47.5 Å². The van der Waals surface area contributed by atoms with Crippen LogP contribution in [0.5, 0.6) is 11.5 Å². The Kier molecular flexibility index (Phi) is 4.88. The second kappa shape index (κ2) is 7.25. The highest BCUT2D eigenvalue weighted by Gasteiger charge is 2.22. The molecule has 0 bridgehead atoms. The van der Waals surface area contributed by atoms with E-state index in [2.05, 4.69) is 9.89 Å². The molecule has 0 radical (unpaired) electrons. The van der Waals surface area contributed by atoms with Gasteiger partial charge in [0.1, 0.15) is 5.84 Å². The molecule has 0 saturated carbocycles. The van der Waals surface area contributed by atoms with Crippen LogP contribution in [0.4, 0.5) is 5.69 Å². The van der Waals surface area contributed by atoms with E-state index in [-0.39, 0.29) is 5.97 Å². The summed E-state index contributed by atoms with van der Waals surface area (Å²) >= 11 is 0. The average Bonchev–Trinajstić information content (AvgIpc) is 3.16. The molecule has 0 N–H and O–H groups in total. The topological polar surface area (TPSA) is 60.4 Å². The van der Waals surface area contributed by atoms with Crippen LogP contribution in [-0.2, 0) is 4.74 Å². The fourth-order valence-corrected chi connectivity index (χ4v) is 2.81. The van der Waals surface area contributed by atoms with Crippen LogP contribution >= 0.6 is 0 Å². The molecule has 0 amide bonds. The third kappa shape index (κ3) is 3.28. The number of amidine groups is 1. The van der Waals surface area contributed by atoms with Gasteiger partial charge in [0.2, 0.25) is 0 Å². The third-order valence-corrected chi connectivity index (χ3v) is 4.08. The van der Waals surface area contributed by atoms with Crippen LogP contribution in [0, 0.1) is 0 Å². The number of anilines is 1.